The molecule has 1 fully saturated rings. The van der Waals surface area contributed by atoms with Crippen molar-refractivity contribution in [1.29, 1.82) is 0 Å². The third-order valence-electron chi connectivity index (χ3n) is 3.10. The van der Waals surface area contributed by atoms with Gasteiger partial charge in [-0.05, 0) is 12.8 Å². The Morgan fingerprint density at radius 1 is 1.37 bits per heavy atom. The van der Waals surface area contributed by atoms with E-state index in [1.54, 1.807) is 0 Å². The highest BCUT2D eigenvalue weighted by molar-refractivity contribution is 7.92. The Bertz CT molecular complexity index is 449. The van der Waals surface area contributed by atoms with Gasteiger partial charge in [-0.3, -0.25) is 9.59 Å². The van der Waals surface area contributed by atoms with Crippen LogP contribution in [0.25, 0.3) is 0 Å². The summed E-state index contributed by atoms with van der Waals surface area (Å²) < 4.78 is 27.7. The van der Waals surface area contributed by atoms with Crippen LogP contribution in [0.5, 0.6) is 0 Å². The molecule has 1 rings (SSSR count). The van der Waals surface area contributed by atoms with Crippen LogP contribution >= 0.6 is 0 Å². The second-order valence-corrected chi connectivity index (χ2v) is 6.63. The second kappa shape index (κ2) is 6.70. The third-order valence-corrected chi connectivity index (χ3v) is 4.53. The van der Waals surface area contributed by atoms with Crippen molar-refractivity contribution in [3.8, 4) is 0 Å². The lowest BCUT2D eigenvalue weighted by molar-refractivity contribution is -0.148. The normalized spacial score (nSPS) is 17.0. The largest absolute Gasteiger partial charge is 0.469 e. The number of likely N-dealkylation sites (tertiary alicyclic amines) is 1. The average molecular weight is 289 g/mol. The standard InChI is InChI=1S/C12H19NO5S/c1-3-8-19(16,17)9-11(14)13-6-4-10(5-7-13)12(15)18-2/h3,10H,1,4-9H2,2H3. The van der Waals surface area contributed by atoms with Gasteiger partial charge in [0.2, 0.25) is 5.91 Å². The zero-order chi connectivity index (χ0) is 14.5. The number of carbonyl (C=O) groups excluding carboxylic acids is 2. The lowest BCUT2D eigenvalue weighted by Crippen LogP contribution is -2.43. The molecule has 0 unspecified atom stereocenters. The Labute approximate surface area is 113 Å². The minimum atomic E-state index is -3.42. The van der Waals surface area contributed by atoms with E-state index < -0.39 is 21.5 Å². The number of hydrogen-bond acceptors (Lipinski definition) is 5. The van der Waals surface area contributed by atoms with Crippen molar-refractivity contribution in [3.05, 3.63) is 12.7 Å². The third kappa shape index (κ3) is 4.66. The van der Waals surface area contributed by atoms with Gasteiger partial charge >= 0.3 is 5.97 Å². The summed E-state index contributed by atoms with van der Waals surface area (Å²) >= 11 is 0. The molecule has 1 heterocycles. The van der Waals surface area contributed by atoms with Crippen molar-refractivity contribution in [2.45, 2.75) is 12.8 Å². The van der Waals surface area contributed by atoms with Gasteiger partial charge < -0.3 is 9.64 Å². The smallest absolute Gasteiger partial charge is 0.308 e. The maximum atomic E-state index is 11.8. The van der Waals surface area contributed by atoms with Gasteiger partial charge in [-0.2, -0.15) is 0 Å². The van der Waals surface area contributed by atoms with E-state index in [0.29, 0.717) is 25.9 Å². The van der Waals surface area contributed by atoms with E-state index in [1.165, 1.54) is 18.1 Å². The molecule has 6 nitrogen and oxygen atoms in total. The molecule has 0 aromatic rings. The molecule has 0 saturated carbocycles. The highest BCUT2D eigenvalue weighted by Gasteiger charge is 2.29. The predicted octanol–water partition coefficient (Wildman–Crippen LogP) is -0.00120. The van der Waals surface area contributed by atoms with Gasteiger partial charge in [0.15, 0.2) is 9.84 Å². The summed E-state index contributed by atoms with van der Waals surface area (Å²) in [6.45, 7) is 4.13. The minimum Gasteiger partial charge on any atom is -0.469 e. The maximum Gasteiger partial charge on any atom is 0.308 e. The number of piperidine rings is 1. The molecule has 1 amide bonds. The zero-order valence-electron chi connectivity index (χ0n) is 11.0. The van der Waals surface area contributed by atoms with Crippen LogP contribution in [0.2, 0.25) is 0 Å². The van der Waals surface area contributed by atoms with Crippen LogP contribution in [0.15, 0.2) is 12.7 Å². The van der Waals surface area contributed by atoms with E-state index in [9.17, 15) is 18.0 Å². The SMILES string of the molecule is C=CCS(=O)(=O)CC(=O)N1CCC(C(=O)OC)CC1. The Hall–Kier alpha value is -1.37. The predicted molar refractivity (Wildman–Crippen MR) is 70.2 cm³/mol. The van der Waals surface area contributed by atoms with Gasteiger partial charge in [-0.1, -0.05) is 6.08 Å². The van der Waals surface area contributed by atoms with Crippen LogP contribution in [0.4, 0.5) is 0 Å². The molecule has 0 N–H and O–H groups in total. The number of rotatable bonds is 5. The lowest BCUT2D eigenvalue weighted by atomic mass is 9.97. The number of nitrogens with zero attached hydrogens (tertiary/aromatic N) is 1. The van der Waals surface area contributed by atoms with E-state index in [0.717, 1.165) is 0 Å². The quantitative estimate of drug-likeness (QED) is 0.525. The monoisotopic (exact) mass is 289 g/mol. The summed E-state index contributed by atoms with van der Waals surface area (Å²) in [7, 11) is -2.08. The molecule has 0 aliphatic carbocycles. The molecule has 0 atom stereocenters. The lowest BCUT2D eigenvalue weighted by Gasteiger charge is -2.30. The zero-order valence-corrected chi connectivity index (χ0v) is 11.8. The summed E-state index contributed by atoms with van der Waals surface area (Å²) in [6.07, 6.45) is 2.30. The summed E-state index contributed by atoms with van der Waals surface area (Å²) in [5, 5.41) is 0. The van der Waals surface area contributed by atoms with Crippen molar-refractivity contribution < 1.29 is 22.7 Å². The van der Waals surface area contributed by atoms with Crippen LogP contribution in [0.3, 0.4) is 0 Å². The Balaban J connectivity index is 2.49. The number of sulfone groups is 1. The molecule has 0 aromatic carbocycles. The summed E-state index contributed by atoms with van der Waals surface area (Å²) in [5.74, 6) is -1.57. The molecular weight excluding hydrogens is 270 g/mol. The molecule has 0 bridgehead atoms. The number of esters is 1. The molecule has 0 aromatic heterocycles. The fourth-order valence-electron chi connectivity index (χ4n) is 2.05. The highest BCUT2D eigenvalue weighted by atomic mass is 32.2. The molecule has 0 spiro atoms. The summed E-state index contributed by atoms with van der Waals surface area (Å²) in [5.41, 5.74) is 0. The van der Waals surface area contributed by atoms with Crippen molar-refractivity contribution in [2.75, 3.05) is 31.7 Å². The second-order valence-electron chi connectivity index (χ2n) is 4.52. The number of methoxy groups -OCH3 is 1. The van der Waals surface area contributed by atoms with Gasteiger partial charge in [0.1, 0.15) is 5.75 Å². The molecule has 108 valence electrons. The Kier molecular flexibility index (Phi) is 5.53. The molecule has 7 heteroatoms. The number of ether oxygens (including phenoxy) is 1. The minimum absolute atomic E-state index is 0.196. The van der Waals surface area contributed by atoms with E-state index in [2.05, 4.69) is 11.3 Å². The summed E-state index contributed by atoms with van der Waals surface area (Å²) in [6, 6.07) is 0. The molecule has 1 aliphatic rings. The van der Waals surface area contributed by atoms with Crippen molar-refractivity contribution >= 4 is 21.7 Å². The Morgan fingerprint density at radius 2 is 1.95 bits per heavy atom. The first-order chi connectivity index (χ1) is 8.89. The first-order valence-electron chi connectivity index (χ1n) is 6.06. The van der Waals surface area contributed by atoms with Crippen LogP contribution in [-0.2, 0) is 24.2 Å². The average Bonchev–Trinajstić information content (AvgIpc) is 2.37. The number of hydrogen-bond donors (Lipinski definition) is 0. The topological polar surface area (TPSA) is 80.8 Å². The van der Waals surface area contributed by atoms with Crippen molar-refractivity contribution in [3.63, 3.8) is 0 Å². The van der Waals surface area contributed by atoms with Crippen LogP contribution in [-0.4, -0.2) is 56.9 Å². The Morgan fingerprint density at radius 3 is 2.42 bits per heavy atom. The van der Waals surface area contributed by atoms with Gasteiger partial charge in [-0.25, -0.2) is 8.42 Å². The van der Waals surface area contributed by atoms with Gasteiger partial charge in [0.25, 0.3) is 0 Å². The fourth-order valence-corrected chi connectivity index (χ4v) is 3.08. The van der Waals surface area contributed by atoms with E-state index in [-0.39, 0.29) is 17.6 Å². The van der Waals surface area contributed by atoms with Crippen LogP contribution in [0.1, 0.15) is 12.8 Å². The fraction of sp³-hybridized carbons (Fsp3) is 0.667. The number of carbonyl (C=O) groups is 2. The molecule has 0 radical (unpaired) electrons. The van der Waals surface area contributed by atoms with E-state index in [1.807, 2.05) is 0 Å². The molecule has 19 heavy (non-hydrogen) atoms. The van der Waals surface area contributed by atoms with Crippen LogP contribution < -0.4 is 0 Å². The van der Waals surface area contributed by atoms with Crippen LogP contribution in [0, 0.1) is 5.92 Å². The van der Waals surface area contributed by atoms with Gasteiger partial charge in [-0.15, -0.1) is 6.58 Å². The molecule has 1 saturated heterocycles. The van der Waals surface area contributed by atoms with Gasteiger partial charge in [0.05, 0.1) is 18.8 Å². The highest BCUT2D eigenvalue weighted by Crippen LogP contribution is 2.18. The maximum absolute atomic E-state index is 11.8. The first-order valence-corrected chi connectivity index (χ1v) is 7.88. The van der Waals surface area contributed by atoms with E-state index >= 15 is 0 Å². The van der Waals surface area contributed by atoms with E-state index in [4.69, 9.17) is 0 Å². The van der Waals surface area contributed by atoms with Crippen molar-refractivity contribution in [2.24, 2.45) is 5.92 Å². The van der Waals surface area contributed by atoms with Gasteiger partial charge in [0, 0.05) is 13.1 Å². The molecule has 1 aliphatic heterocycles. The number of amides is 1. The molecular formula is C12H19NO5S. The first kappa shape index (κ1) is 15.7. The summed E-state index contributed by atoms with van der Waals surface area (Å²) in [4.78, 5) is 24.6. The van der Waals surface area contributed by atoms with Crippen molar-refractivity contribution in [1.82, 2.24) is 4.90 Å².